The van der Waals surface area contributed by atoms with Crippen molar-refractivity contribution in [3.8, 4) is 5.75 Å². The second-order valence-corrected chi connectivity index (χ2v) is 7.77. The smallest absolute Gasteiger partial charge is 0.253 e. The highest BCUT2D eigenvalue weighted by Gasteiger charge is 2.18. The van der Waals surface area contributed by atoms with Crippen molar-refractivity contribution in [1.29, 1.82) is 0 Å². The van der Waals surface area contributed by atoms with E-state index in [4.69, 9.17) is 16.3 Å². The summed E-state index contributed by atoms with van der Waals surface area (Å²) in [6, 6.07) is 12.6. The van der Waals surface area contributed by atoms with Crippen molar-refractivity contribution in [2.75, 3.05) is 23.8 Å². The Morgan fingerprint density at radius 2 is 1.87 bits per heavy atom. The maximum Gasteiger partial charge on any atom is 0.253 e. The topological polar surface area (TPSA) is 79.5 Å². The van der Waals surface area contributed by atoms with Crippen molar-refractivity contribution in [2.24, 2.45) is 0 Å². The molecule has 0 radical (unpaired) electrons. The van der Waals surface area contributed by atoms with Gasteiger partial charge in [0.1, 0.15) is 5.75 Å². The lowest BCUT2D eigenvalue weighted by molar-refractivity contribution is -0.114. The second-order valence-electron chi connectivity index (χ2n) is 7.37. The number of anilines is 2. The molecule has 2 aromatic rings. The highest BCUT2D eigenvalue weighted by Crippen LogP contribution is 2.23. The number of hydrogen-bond acceptors (Lipinski definition) is 4. The van der Waals surface area contributed by atoms with Gasteiger partial charge in [0.05, 0.1) is 23.7 Å². The standard InChI is InChI=1S/C23H28ClN3O3/c1-2-30-19-10-6-9-18(13-19)26-22(28)15-25-17-11-12-21(24)20(14-17)23(29)27-16-7-4-3-5-8-16/h6,9-14,16,25H,2-5,7-8,15H2,1H3,(H,26,28)(H,27,29). The molecule has 2 amide bonds. The summed E-state index contributed by atoms with van der Waals surface area (Å²) in [5, 5.41) is 9.34. The molecular formula is C23H28ClN3O3. The molecule has 2 aromatic carbocycles. The van der Waals surface area contributed by atoms with Crippen LogP contribution in [0.5, 0.6) is 5.75 Å². The van der Waals surface area contributed by atoms with Crippen molar-refractivity contribution in [3.63, 3.8) is 0 Å². The molecule has 160 valence electrons. The highest BCUT2D eigenvalue weighted by atomic mass is 35.5. The third-order valence-corrected chi connectivity index (χ3v) is 5.36. The van der Waals surface area contributed by atoms with E-state index < -0.39 is 0 Å². The van der Waals surface area contributed by atoms with Gasteiger partial charge in [0, 0.05) is 23.5 Å². The lowest BCUT2D eigenvalue weighted by Gasteiger charge is -2.23. The number of benzene rings is 2. The summed E-state index contributed by atoms with van der Waals surface area (Å²) in [6.45, 7) is 2.53. The first kappa shape index (κ1) is 22.0. The van der Waals surface area contributed by atoms with Crippen molar-refractivity contribution in [1.82, 2.24) is 5.32 Å². The van der Waals surface area contributed by atoms with Crippen LogP contribution in [0.3, 0.4) is 0 Å². The van der Waals surface area contributed by atoms with Crippen LogP contribution in [-0.2, 0) is 4.79 Å². The second kappa shape index (κ2) is 10.9. The van der Waals surface area contributed by atoms with Crippen LogP contribution in [0.1, 0.15) is 49.4 Å². The molecule has 0 heterocycles. The van der Waals surface area contributed by atoms with E-state index in [1.165, 1.54) is 6.42 Å². The van der Waals surface area contributed by atoms with Crippen LogP contribution < -0.4 is 20.7 Å². The van der Waals surface area contributed by atoms with Crippen molar-refractivity contribution in [3.05, 3.63) is 53.1 Å². The number of carbonyl (C=O) groups is 2. The quantitative estimate of drug-likeness (QED) is 0.560. The summed E-state index contributed by atoms with van der Waals surface area (Å²) in [7, 11) is 0. The Balaban J connectivity index is 1.56. The molecule has 0 saturated heterocycles. The Labute approximate surface area is 182 Å². The van der Waals surface area contributed by atoms with E-state index in [0.29, 0.717) is 34.3 Å². The predicted octanol–water partition coefficient (Wildman–Crippen LogP) is 4.85. The van der Waals surface area contributed by atoms with Gasteiger partial charge in [0.15, 0.2) is 0 Å². The molecule has 30 heavy (non-hydrogen) atoms. The zero-order valence-corrected chi connectivity index (χ0v) is 17.9. The fourth-order valence-electron chi connectivity index (χ4n) is 3.54. The minimum Gasteiger partial charge on any atom is -0.494 e. The van der Waals surface area contributed by atoms with E-state index in [2.05, 4.69) is 16.0 Å². The summed E-state index contributed by atoms with van der Waals surface area (Å²) >= 11 is 6.24. The number of rotatable bonds is 8. The van der Waals surface area contributed by atoms with E-state index >= 15 is 0 Å². The minimum absolute atomic E-state index is 0.0597. The molecule has 0 spiro atoms. The third kappa shape index (κ3) is 6.39. The van der Waals surface area contributed by atoms with Crippen LogP contribution in [0.25, 0.3) is 0 Å². The molecule has 3 N–H and O–H groups in total. The van der Waals surface area contributed by atoms with Crippen LogP contribution in [0.2, 0.25) is 5.02 Å². The van der Waals surface area contributed by atoms with Gasteiger partial charge in [-0.2, -0.15) is 0 Å². The fraction of sp³-hybridized carbons (Fsp3) is 0.391. The van der Waals surface area contributed by atoms with Gasteiger partial charge < -0.3 is 20.7 Å². The number of halogens is 1. The molecule has 3 rings (SSSR count). The van der Waals surface area contributed by atoms with Crippen LogP contribution in [-0.4, -0.2) is 31.0 Å². The number of ether oxygens (including phenoxy) is 1. The zero-order chi connectivity index (χ0) is 21.3. The van der Waals surface area contributed by atoms with Gasteiger partial charge in [0.25, 0.3) is 5.91 Å². The third-order valence-electron chi connectivity index (χ3n) is 5.03. The Hall–Kier alpha value is -2.73. The molecule has 0 atom stereocenters. The molecule has 0 aromatic heterocycles. The number of hydrogen-bond donors (Lipinski definition) is 3. The summed E-state index contributed by atoms with van der Waals surface area (Å²) in [5.74, 6) is 0.328. The molecule has 0 aliphatic heterocycles. The maximum atomic E-state index is 12.6. The molecule has 0 bridgehead atoms. The van der Waals surface area contributed by atoms with Gasteiger partial charge in [-0.05, 0) is 50.1 Å². The first-order valence-electron chi connectivity index (χ1n) is 10.4. The lowest BCUT2D eigenvalue weighted by atomic mass is 9.95. The van der Waals surface area contributed by atoms with Gasteiger partial charge >= 0.3 is 0 Å². The molecule has 0 unspecified atom stereocenters. The molecule has 1 saturated carbocycles. The molecule has 7 heteroatoms. The molecular weight excluding hydrogens is 402 g/mol. The predicted molar refractivity (Wildman–Crippen MR) is 121 cm³/mol. The van der Waals surface area contributed by atoms with E-state index in [0.717, 1.165) is 25.7 Å². The SMILES string of the molecule is CCOc1cccc(NC(=O)CNc2ccc(Cl)c(C(=O)NC3CCCCC3)c2)c1. The average molecular weight is 430 g/mol. The van der Waals surface area contributed by atoms with Crippen LogP contribution in [0, 0.1) is 0 Å². The maximum absolute atomic E-state index is 12.6. The Kier molecular flexibility index (Phi) is 7.97. The Morgan fingerprint density at radius 3 is 2.63 bits per heavy atom. The molecule has 1 fully saturated rings. The van der Waals surface area contributed by atoms with Crippen LogP contribution in [0.15, 0.2) is 42.5 Å². The summed E-state index contributed by atoms with van der Waals surface area (Å²) in [6.07, 6.45) is 5.52. The van der Waals surface area contributed by atoms with Crippen molar-refractivity contribution in [2.45, 2.75) is 45.1 Å². The van der Waals surface area contributed by atoms with Crippen LogP contribution in [0.4, 0.5) is 11.4 Å². The normalized spacial score (nSPS) is 14.1. The minimum atomic E-state index is -0.202. The van der Waals surface area contributed by atoms with Crippen molar-refractivity contribution >= 4 is 34.8 Å². The Morgan fingerprint density at radius 1 is 1.07 bits per heavy atom. The Bertz CT molecular complexity index is 882. The summed E-state index contributed by atoms with van der Waals surface area (Å²) in [5.41, 5.74) is 1.74. The molecule has 6 nitrogen and oxygen atoms in total. The number of carbonyl (C=O) groups excluding carboxylic acids is 2. The zero-order valence-electron chi connectivity index (χ0n) is 17.2. The van der Waals surface area contributed by atoms with Crippen LogP contribution >= 0.6 is 11.6 Å². The van der Waals surface area contributed by atoms with Gasteiger partial charge in [-0.1, -0.05) is 36.9 Å². The largest absolute Gasteiger partial charge is 0.494 e. The van der Waals surface area contributed by atoms with E-state index in [1.807, 2.05) is 19.1 Å². The summed E-state index contributed by atoms with van der Waals surface area (Å²) < 4.78 is 5.44. The first-order chi connectivity index (χ1) is 14.5. The van der Waals surface area contributed by atoms with Gasteiger partial charge in [0.2, 0.25) is 5.91 Å². The summed E-state index contributed by atoms with van der Waals surface area (Å²) in [4.78, 5) is 24.9. The molecule has 1 aliphatic rings. The van der Waals surface area contributed by atoms with E-state index in [1.54, 1.807) is 30.3 Å². The van der Waals surface area contributed by atoms with Gasteiger partial charge in [-0.15, -0.1) is 0 Å². The molecule has 1 aliphatic carbocycles. The van der Waals surface area contributed by atoms with Gasteiger partial charge in [-0.25, -0.2) is 0 Å². The van der Waals surface area contributed by atoms with Gasteiger partial charge in [-0.3, -0.25) is 9.59 Å². The lowest BCUT2D eigenvalue weighted by Crippen LogP contribution is -2.36. The van der Waals surface area contributed by atoms with Crippen molar-refractivity contribution < 1.29 is 14.3 Å². The fourth-order valence-corrected chi connectivity index (χ4v) is 3.74. The highest BCUT2D eigenvalue weighted by molar-refractivity contribution is 6.34. The monoisotopic (exact) mass is 429 g/mol. The van der Waals surface area contributed by atoms with E-state index in [9.17, 15) is 9.59 Å². The van der Waals surface area contributed by atoms with E-state index in [-0.39, 0.29) is 24.4 Å². The number of nitrogens with one attached hydrogen (secondary N) is 3. The number of amides is 2. The average Bonchev–Trinajstić information content (AvgIpc) is 2.74. The first-order valence-corrected chi connectivity index (χ1v) is 10.8.